The number of hydrogen-bond acceptors (Lipinski definition) is 10. The Bertz CT molecular complexity index is 1630. The Morgan fingerprint density at radius 2 is 1.63 bits per heavy atom. The lowest BCUT2D eigenvalue weighted by Gasteiger charge is -2.37. The molecule has 280 valence electrons. The van der Waals surface area contributed by atoms with Crippen molar-refractivity contribution in [2.45, 2.75) is 110 Å². The number of nitro groups is 1. The summed E-state index contributed by atoms with van der Waals surface area (Å²) in [6.45, 7) is 9.44. The summed E-state index contributed by atoms with van der Waals surface area (Å²) in [7, 11) is 1.62. The normalized spacial score (nSPS) is 17.6. The first-order valence-corrected chi connectivity index (χ1v) is 16.7. The van der Waals surface area contributed by atoms with E-state index in [1.807, 2.05) is 27.7 Å². The number of non-ortho nitro benzene ring substituents is 1. The number of unbranched alkanes of at least 4 members (excludes halogenated alkanes) is 2. The molecule has 0 aromatic heterocycles. The number of amides is 3. The zero-order chi connectivity index (χ0) is 36.0. The molecule has 3 amide bonds. The second kappa shape index (κ2) is 18.4. The van der Waals surface area contributed by atoms with Gasteiger partial charge in [-0.2, -0.15) is 27.0 Å². The van der Waals surface area contributed by atoms with Crippen LogP contribution in [0.4, 0.5) is 5.69 Å². The van der Waals surface area contributed by atoms with Crippen molar-refractivity contribution in [2.75, 3.05) is 7.11 Å². The maximum Gasteiger partial charge on any atom is 0.336 e. The van der Waals surface area contributed by atoms with Crippen LogP contribution in [0.3, 0.4) is 0 Å². The van der Waals surface area contributed by atoms with Crippen LogP contribution >= 0.6 is 27.0 Å². The number of carbonyl (C=O) groups is 5. The van der Waals surface area contributed by atoms with Crippen LogP contribution in [0.2, 0.25) is 0 Å². The van der Waals surface area contributed by atoms with E-state index in [-0.39, 0.29) is 64.8 Å². The van der Waals surface area contributed by atoms with Crippen molar-refractivity contribution in [3.05, 3.63) is 62.2 Å². The number of benzene rings is 2. The third kappa shape index (κ3) is 9.82. The summed E-state index contributed by atoms with van der Waals surface area (Å²) in [4.78, 5) is 81.5. The van der Waals surface area contributed by atoms with E-state index in [9.17, 15) is 34.1 Å². The van der Waals surface area contributed by atoms with Gasteiger partial charge >= 0.3 is 5.97 Å². The summed E-state index contributed by atoms with van der Waals surface area (Å²) in [5.41, 5.74) is 2.72. The fraction of sp³-hybridized carbons (Fsp3) is 0.528. The molecular formula is C36H49N3O10S2. The number of carbonyl (C=O) groups excluding carboxylic acids is 5. The molecule has 3 atom stereocenters. The molecule has 1 fully saturated rings. The first-order chi connectivity index (χ1) is 23.2. The van der Waals surface area contributed by atoms with Gasteiger partial charge in [0.15, 0.2) is 11.4 Å². The zero-order valence-corrected chi connectivity index (χ0v) is 32.0. The molecule has 2 aromatic carbocycles. The SMILES string of the molecule is CCCCC[C@H](CC(=O)[C@H](Cc1ccc([N+](=O)[O-])cc1)NC(=O)C1(C)CCc2c(C)c(OC)c(C)c(C)c2O1)C(=O)ON1C(=O)CCC1=O.S.S. The minimum absolute atomic E-state index is 0. The molecular weight excluding hydrogens is 699 g/mol. The van der Waals surface area contributed by atoms with Gasteiger partial charge in [0.1, 0.15) is 11.5 Å². The summed E-state index contributed by atoms with van der Waals surface area (Å²) < 4.78 is 12.1. The van der Waals surface area contributed by atoms with E-state index in [4.69, 9.17) is 14.3 Å². The lowest BCUT2D eigenvalue weighted by Crippen LogP contribution is -2.56. The molecule has 1 N–H and O–H groups in total. The Morgan fingerprint density at radius 3 is 2.20 bits per heavy atom. The molecule has 2 aliphatic rings. The molecule has 2 aromatic rings. The van der Waals surface area contributed by atoms with E-state index in [2.05, 4.69) is 5.32 Å². The van der Waals surface area contributed by atoms with Gasteiger partial charge in [-0.25, -0.2) is 4.79 Å². The predicted molar refractivity (Wildman–Crippen MR) is 198 cm³/mol. The summed E-state index contributed by atoms with van der Waals surface area (Å²) in [5, 5.41) is 14.6. The number of methoxy groups -OCH3 is 1. The Morgan fingerprint density at radius 1 is 1.00 bits per heavy atom. The number of nitrogens with one attached hydrogen (secondary N) is 1. The Labute approximate surface area is 312 Å². The molecule has 0 bridgehead atoms. The van der Waals surface area contributed by atoms with Crippen molar-refractivity contribution in [1.82, 2.24) is 10.4 Å². The molecule has 1 unspecified atom stereocenters. The minimum Gasteiger partial charge on any atom is -0.496 e. The van der Waals surface area contributed by atoms with E-state index in [0.29, 0.717) is 35.6 Å². The number of fused-ring (bicyclic) bond motifs is 1. The van der Waals surface area contributed by atoms with Crippen LogP contribution in [0.15, 0.2) is 24.3 Å². The molecule has 2 heterocycles. The average Bonchev–Trinajstić information content (AvgIpc) is 3.39. The third-order valence-electron chi connectivity index (χ3n) is 9.58. The minimum atomic E-state index is -1.34. The Hall–Kier alpha value is -4.11. The number of imide groups is 1. The van der Waals surface area contributed by atoms with E-state index < -0.39 is 52.0 Å². The van der Waals surface area contributed by atoms with E-state index in [1.165, 1.54) is 24.3 Å². The molecule has 4 rings (SSSR count). The van der Waals surface area contributed by atoms with Crippen molar-refractivity contribution < 1.29 is 43.2 Å². The molecule has 1 saturated heterocycles. The summed E-state index contributed by atoms with van der Waals surface area (Å²) in [6, 6.07) is 4.53. The molecule has 13 nitrogen and oxygen atoms in total. The van der Waals surface area contributed by atoms with Crippen LogP contribution in [0.1, 0.15) is 93.0 Å². The van der Waals surface area contributed by atoms with Crippen LogP contribution in [-0.4, -0.2) is 58.2 Å². The zero-order valence-electron chi connectivity index (χ0n) is 30.0. The van der Waals surface area contributed by atoms with Gasteiger partial charge < -0.3 is 19.6 Å². The standard InChI is InChI=1S/C36H45N3O10.2H2S/c1-7-8-9-10-25(34(43)49-38-30(41)15-16-31(38)42)20-29(40)28(19-24-11-13-26(14-12-24)39(45)46)37-35(44)36(5)18-17-27-23(4)32(47-6)21(2)22(3)33(27)48-36;;/h11-14,25,28H,7-10,15-20H2,1-6H3,(H,37,44);2*1H2/t25-,28+,36?;;/m1../s1. The Kier molecular flexibility index (Phi) is 15.5. The fourth-order valence-electron chi connectivity index (χ4n) is 6.40. The number of ether oxygens (including phenoxy) is 2. The summed E-state index contributed by atoms with van der Waals surface area (Å²) >= 11 is 0. The van der Waals surface area contributed by atoms with E-state index >= 15 is 0 Å². The highest BCUT2D eigenvalue weighted by Gasteiger charge is 2.43. The topological polar surface area (TPSA) is 171 Å². The van der Waals surface area contributed by atoms with Crippen molar-refractivity contribution in [2.24, 2.45) is 5.92 Å². The average molecular weight is 748 g/mol. The highest BCUT2D eigenvalue weighted by atomic mass is 32.1. The van der Waals surface area contributed by atoms with Crippen molar-refractivity contribution in [3.63, 3.8) is 0 Å². The number of Topliss-reactive ketones (excluding diaryl/α,β-unsaturated/α-hetero) is 1. The van der Waals surface area contributed by atoms with E-state index in [1.54, 1.807) is 14.0 Å². The third-order valence-corrected chi connectivity index (χ3v) is 9.58. The van der Waals surface area contributed by atoms with Crippen LogP contribution in [0, 0.1) is 36.8 Å². The maximum atomic E-state index is 14.0. The number of hydroxylamine groups is 2. The number of nitrogens with zero attached hydrogens (tertiary/aromatic N) is 2. The van der Waals surface area contributed by atoms with Crippen molar-refractivity contribution in [1.29, 1.82) is 0 Å². The summed E-state index contributed by atoms with van der Waals surface area (Å²) in [5.74, 6) is -2.73. The molecule has 0 saturated carbocycles. The van der Waals surface area contributed by atoms with Crippen LogP contribution in [0.5, 0.6) is 11.5 Å². The lowest BCUT2D eigenvalue weighted by molar-refractivity contribution is -0.384. The van der Waals surface area contributed by atoms with Crippen LogP contribution in [-0.2, 0) is 41.7 Å². The van der Waals surface area contributed by atoms with Gasteiger partial charge in [0, 0.05) is 43.4 Å². The van der Waals surface area contributed by atoms with Gasteiger partial charge in [-0.05, 0) is 69.2 Å². The quantitative estimate of drug-likeness (QED) is 0.109. The number of nitro benzene ring substituents is 1. The second-order valence-electron chi connectivity index (χ2n) is 13.1. The highest BCUT2D eigenvalue weighted by Crippen LogP contribution is 2.43. The van der Waals surface area contributed by atoms with Gasteiger partial charge in [-0.3, -0.25) is 29.3 Å². The van der Waals surface area contributed by atoms with E-state index in [0.717, 1.165) is 40.8 Å². The molecule has 0 radical (unpaired) electrons. The number of hydrogen-bond donors (Lipinski definition) is 1. The fourth-order valence-corrected chi connectivity index (χ4v) is 6.40. The monoisotopic (exact) mass is 747 g/mol. The number of rotatable bonds is 15. The smallest absolute Gasteiger partial charge is 0.336 e. The number of ketones is 1. The van der Waals surface area contributed by atoms with Gasteiger partial charge in [0.2, 0.25) is 0 Å². The maximum absolute atomic E-state index is 14.0. The molecule has 0 spiro atoms. The van der Waals surface area contributed by atoms with Crippen molar-refractivity contribution >= 4 is 62.2 Å². The van der Waals surface area contributed by atoms with Crippen LogP contribution < -0.4 is 14.8 Å². The second-order valence-corrected chi connectivity index (χ2v) is 13.1. The first kappa shape index (κ1) is 43.1. The van der Waals surface area contributed by atoms with Gasteiger partial charge in [-0.15, -0.1) is 5.06 Å². The largest absolute Gasteiger partial charge is 0.496 e. The highest BCUT2D eigenvalue weighted by molar-refractivity contribution is 7.59. The Balaban J connectivity index is 0.00000451. The predicted octanol–water partition coefficient (Wildman–Crippen LogP) is 5.33. The van der Waals surface area contributed by atoms with Crippen molar-refractivity contribution in [3.8, 4) is 11.5 Å². The van der Waals surface area contributed by atoms with Gasteiger partial charge in [0.25, 0.3) is 23.4 Å². The molecule has 51 heavy (non-hydrogen) atoms. The first-order valence-electron chi connectivity index (χ1n) is 16.7. The molecule has 15 heteroatoms. The van der Waals surface area contributed by atoms with Gasteiger partial charge in [0.05, 0.1) is 24.0 Å². The molecule has 2 aliphatic heterocycles. The van der Waals surface area contributed by atoms with Gasteiger partial charge in [-0.1, -0.05) is 38.3 Å². The summed E-state index contributed by atoms with van der Waals surface area (Å²) in [6.07, 6.45) is 2.89. The molecule has 0 aliphatic carbocycles. The van der Waals surface area contributed by atoms with Crippen LogP contribution in [0.25, 0.3) is 0 Å². The lowest BCUT2D eigenvalue weighted by atomic mass is 9.86.